The van der Waals surface area contributed by atoms with E-state index in [0.29, 0.717) is 0 Å². The molecule has 0 saturated heterocycles. The van der Waals surface area contributed by atoms with Gasteiger partial charge in [0.05, 0.1) is 6.54 Å². The molecule has 0 aromatic carbocycles. The van der Waals surface area contributed by atoms with Gasteiger partial charge in [0.1, 0.15) is 0 Å². The van der Waals surface area contributed by atoms with Gasteiger partial charge in [0.2, 0.25) is 0 Å². The van der Waals surface area contributed by atoms with Gasteiger partial charge in [0.25, 0.3) is 0 Å². The van der Waals surface area contributed by atoms with Crippen LogP contribution in [0.15, 0.2) is 16.8 Å². The van der Waals surface area contributed by atoms with E-state index in [1.165, 1.54) is 5.56 Å². The predicted molar refractivity (Wildman–Crippen MR) is 53.1 cm³/mol. The van der Waals surface area contributed by atoms with Gasteiger partial charge in [-0.2, -0.15) is 11.3 Å². The van der Waals surface area contributed by atoms with Crippen LogP contribution in [-0.2, 0) is 11.2 Å². The molecule has 0 fully saturated rings. The molecule has 72 valence electrons. The molecule has 0 aliphatic carbocycles. The van der Waals surface area contributed by atoms with Gasteiger partial charge in [-0.05, 0) is 35.7 Å². The summed E-state index contributed by atoms with van der Waals surface area (Å²) < 4.78 is 0. The van der Waals surface area contributed by atoms with Crippen molar-refractivity contribution in [3.8, 4) is 0 Å². The standard InChI is InChI=1S/C9H13NO2S/c1-7(10-5-9(11)12)4-8-2-3-13-6-8/h2-3,6-7,10H,4-5H2,1H3,(H,11,12). The Balaban J connectivity index is 2.25. The van der Waals surface area contributed by atoms with E-state index < -0.39 is 5.97 Å². The van der Waals surface area contributed by atoms with Gasteiger partial charge in [-0.25, -0.2) is 0 Å². The quantitative estimate of drug-likeness (QED) is 0.752. The van der Waals surface area contributed by atoms with Crippen LogP contribution in [0.5, 0.6) is 0 Å². The first-order chi connectivity index (χ1) is 6.18. The van der Waals surface area contributed by atoms with E-state index in [-0.39, 0.29) is 12.6 Å². The predicted octanol–water partition coefficient (Wildman–Crippen LogP) is 1.35. The van der Waals surface area contributed by atoms with E-state index >= 15 is 0 Å². The number of thiophene rings is 1. The second-order valence-corrected chi connectivity index (χ2v) is 3.79. The number of hydrogen-bond acceptors (Lipinski definition) is 3. The summed E-state index contributed by atoms with van der Waals surface area (Å²) in [4.78, 5) is 10.2. The number of hydrogen-bond donors (Lipinski definition) is 2. The van der Waals surface area contributed by atoms with Gasteiger partial charge in [0, 0.05) is 6.04 Å². The van der Waals surface area contributed by atoms with Crippen LogP contribution in [0.4, 0.5) is 0 Å². The normalized spacial score (nSPS) is 12.7. The lowest BCUT2D eigenvalue weighted by Gasteiger charge is -2.10. The van der Waals surface area contributed by atoms with E-state index in [1.807, 2.05) is 12.3 Å². The largest absolute Gasteiger partial charge is 0.480 e. The minimum absolute atomic E-state index is 0.0330. The summed E-state index contributed by atoms with van der Waals surface area (Å²) >= 11 is 1.66. The number of carboxylic acids is 1. The van der Waals surface area contributed by atoms with Crippen LogP contribution in [0.3, 0.4) is 0 Å². The van der Waals surface area contributed by atoms with Crippen molar-refractivity contribution in [3.63, 3.8) is 0 Å². The molecule has 0 aliphatic rings. The third-order valence-corrected chi connectivity index (χ3v) is 2.46. The zero-order valence-corrected chi connectivity index (χ0v) is 8.30. The van der Waals surface area contributed by atoms with Crippen LogP contribution in [0.25, 0.3) is 0 Å². The molecule has 13 heavy (non-hydrogen) atoms. The summed E-state index contributed by atoms with van der Waals surface area (Å²) in [5, 5.41) is 15.5. The first-order valence-electron chi connectivity index (χ1n) is 4.14. The average Bonchev–Trinajstić information content (AvgIpc) is 2.53. The number of aliphatic carboxylic acids is 1. The third-order valence-electron chi connectivity index (χ3n) is 1.72. The maximum atomic E-state index is 10.2. The summed E-state index contributed by atoms with van der Waals surface area (Å²) in [5.74, 6) is -0.808. The molecule has 1 unspecified atom stereocenters. The molecule has 0 radical (unpaired) electrons. The van der Waals surface area contributed by atoms with E-state index in [9.17, 15) is 4.79 Å². The van der Waals surface area contributed by atoms with Crippen molar-refractivity contribution in [1.29, 1.82) is 0 Å². The van der Waals surface area contributed by atoms with Crippen molar-refractivity contribution < 1.29 is 9.90 Å². The molecule has 0 spiro atoms. The van der Waals surface area contributed by atoms with Crippen molar-refractivity contribution in [3.05, 3.63) is 22.4 Å². The fraction of sp³-hybridized carbons (Fsp3) is 0.444. The molecule has 1 heterocycles. The molecule has 0 bridgehead atoms. The lowest BCUT2D eigenvalue weighted by Crippen LogP contribution is -2.32. The Kier molecular flexibility index (Phi) is 3.92. The second kappa shape index (κ2) is 4.99. The molecule has 4 heteroatoms. The number of carbonyl (C=O) groups is 1. The average molecular weight is 199 g/mol. The van der Waals surface area contributed by atoms with Gasteiger partial charge < -0.3 is 10.4 Å². The van der Waals surface area contributed by atoms with E-state index in [2.05, 4.69) is 16.8 Å². The lowest BCUT2D eigenvalue weighted by molar-refractivity contribution is -0.136. The summed E-state index contributed by atoms with van der Waals surface area (Å²) in [6.45, 7) is 2.02. The Hall–Kier alpha value is -0.870. The van der Waals surface area contributed by atoms with Gasteiger partial charge in [-0.1, -0.05) is 0 Å². The molecule has 0 amide bonds. The van der Waals surface area contributed by atoms with Crippen molar-refractivity contribution in [2.75, 3.05) is 6.54 Å². The minimum Gasteiger partial charge on any atom is -0.480 e. The SMILES string of the molecule is CC(Cc1ccsc1)NCC(=O)O. The van der Waals surface area contributed by atoms with Crippen molar-refractivity contribution in [2.45, 2.75) is 19.4 Å². The molecule has 0 aliphatic heterocycles. The van der Waals surface area contributed by atoms with Crippen LogP contribution in [0.1, 0.15) is 12.5 Å². The monoisotopic (exact) mass is 199 g/mol. The highest BCUT2D eigenvalue weighted by Gasteiger charge is 2.04. The molecular weight excluding hydrogens is 186 g/mol. The van der Waals surface area contributed by atoms with Crippen LogP contribution >= 0.6 is 11.3 Å². The van der Waals surface area contributed by atoms with Crippen LogP contribution < -0.4 is 5.32 Å². The first-order valence-corrected chi connectivity index (χ1v) is 5.09. The number of nitrogens with one attached hydrogen (secondary N) is 1. The van der Waals surface area contributed by atoms with Gasteiger partial charge in [-0.15, -0.1) is 0 Å². The summed E-state index contributed by atoms with van der Waals surface area (Å²) in [6.07, 6.45) is 0.886. The Morgan fingerprint density at radius 3 is 3.08 bits per heavy atom. The Morgan fingerprint density at radius 1 is 1.77 bits per heavy atom. The molecule has 3 nitrogen and oxygen atoms in total. The number of rotatable bonds is 5. The summed E-state index contributed by atoms with van der Waals surface area (Å²) in [5.41, 5.74) is 1.26. The molecular formula is C9H13NO2S. The lowest BCUT2D eigenvalue weighted by atomic mass is 10.1. The van der Waals surface area contributed by atoms with E-state index in [1.54, 1.807) is 11.3 Å². The Labute approximate surface area is 81.4 Å². The van der Waals surface area contributed by atoms with Crippen molar-refractivity contribution >= 4 is 17.3 Å². The van der Waals surface area contributed by atoms with E-state index in [4.69, 9.17) is 5.11 Å². The molecule has 1 rings (SSSR count). The Bertz CT molecular complexity index is 259. The zero-order valence-electron chi connectivity index (χ0n) is 7.49. The van der Waals surface area contributed by atoms with E-state index in [0.717, 1.165) is 6.42 Å². The molecule has 1 aromatic rings. The van der Waals surface area contributed by atoms with Crippen molar-refractivity contribution in [2.24, 2.45) is 0 Å². The molecule has 0 saturated carbocycles. The fourth-order valence-corrected chi connectivity index (χ4v) is 1.78. The third kappa shape index (κ3) is 4.05. The highest BCUT2D eigenvalue weighted by Crippen LogP contribution is 2.08. The Morgan fingerprint density at radius 2 is 2.54 bits per heavy atom. The first kappa shape index (κ1) is 10.2. The maximum absolute atomic E-state index is 10.2. The van der Waals surface area contributed by atoms with Gasteiger partial charge >= 0.3 is 5.97 Å². The van der Waals surface area contributed by atoms with Crippen LogP contribution in [0, 0.1) is 0 Å². The molecule has 2 N–H and O–H groups in total. The fourth-order valence-electron chi connectivity index (χ4n) is 1.10. The minimum atomic E-state index is -0.808. The highest BCUT2D eigenvalue weighted by molar-refractivity contribution is 7.07. The summed E-state index contributed by atoms with van der Waals surface area (Å²) in [7, 11) is 0. The number of carboxylic acid groups (broad SMARTS) is 1. The van der Waals surface area contributed by atoms with Crippen LogP contribution in [-0.4, -0.2) is 23.7 Å². The summed E-state index contributed by atoms with van der Waals surface area (Å²) in [6, 6.07) is 2.27. The maximum Gasteiger partial charge on any atom is 0.317 e. The zero-order chi connectivity index (χ0) is 9.68. The van der Waals surface area contributed by atoms with Crippen molar-refractivity contribution in [1.82, 2.24) is 5.32 Å². The molecule has 1 atom stereocenters. The topological polar surface area (TPSA) is 49.3 Å². The highest BCUT2D eigenvalue weighted by atomic mass is 32.1. The smallest absolute Gasteiger partial charge is 0.317 e. The van der Waals surface area contributed by atoms with Crippen LogP contribution in [0.2, 0.25) is 0 Å². The van der Waals surface area contributed by atoms with Gasteiger partial charge in [0.15, 0.2) is 0 Å². The second-order valence-electron chi connectivity index (χ2n) is 3.01. The molecule has 1 aromatic heterocycles. The van der Waals surface area contributed by atoms with Gasteiger partial charge in [-0.3, -0.25) is 4.79 Å².